The minimum Gasteiger partial charge on any atom is -0.384 e. The molecule has 3 nitrogen and oxygen atoms in total. The van der Waals surface area contributed by atoms with Crippen molar-refractivity contribution in [1.29, 1.82) is 0 Å². The second-order valence-corrected chi connectivity index (χ2v) is 3.78. The van der Waals surface area contributed by atoms with Gasteiger partial charge in [-0.05, 0) is 45.3 Å². The Labute approximate surface area is 99.6 Å². The van der Waals surface area contributed by atoms with Gasteiger partial charge in [-0.3, -0.25) is 0 Å². The Hall–Kier alpha value is -1.06. The van der Waals surface area contributed by atoms with Crippen LogP contribution in [0.2, 0.25) is 0 Å². The van der Waals surface area contributed by atoms with Crippen molar-refractivity contribution in [2.24, 2.45) is 5.73 Å². The summed E-state index contributed by atoms with van der Waals surface area (Å²) in [6, 6.07) is 8.65. The maximum Gasteiger partial charge on any atom is 0.0340 e. The number of anilines is 1. The smallest absolute Gasteiger partial charge is 0.0340 e. The fourth-order valence-electron chi connectivity index (χ4n) is 1.28. The molecule has 1 aromatic rings. The van der Waals surface area contributed by atoms with Gasteiger partial charge in [-0.1, -0.05) is 19.1 Å². The molecule has 0 aliphatic heterocycles. The molecule has 0 heterocycles. The van der Waals surface area contributed by atoms with Crippen molar-refractivity contribution in [1.82, 2.24) is 4.90 Å². The van der Waals surface area contributed by atoms with Gasteiger partial charge in [0.1, 0.15) is 0 Å². The lowest BCUT2D eigenvalue weighted by Gasteiger charge is -2.11. The summed E-state index contributed by atoms with van der Waals surface area (Å²) in [6.45, 7) is 4.24. The second kappa shape index (κ2) is 9.19. The Kier molecular flexibility index (Phi) is 8.58. The molecule has 0 unspecified atom stereocenters. The molecule has 0 spiro atoms. The van der Waals surface area contributed by atoms with Crippen molar-refractivity contribution in [3.05, 3.63) is 29.8 Å². The molecular weight excluding hydrogens is 198 g/mol. The van der Waals surface area contributed by atoms with Crippen molar-refractivity contribution < 1.29 is 0 Å². The minimum atomic E-state index is 0.998. The highest BCUT2D eigenvalue weighted by atomic mass is 15.1. The Morgan fingerprint density at radius 1 is 1.12 bits per heavy atom. The van der Waals surface area contributed by atoms with E-state index in [-0.39, 0.29) is 0 Å². The molecule has 16 heavy (non-hydrogen) atoms. The van der Waals surface area contributed by atoms with E-state index in [0.717, 1.165) is 19.5 Å². The number of benzene rings is 1. The van der Waals surface area contributed by atoms with E-state index in [1.54, 1.807) is 0 Å². The summed E-state index contributed by atoms with van der Waals surface area (Å²) >= 11 is 0. The van der Waals surface area contributed by atoms with Crippen LogP contribution in [0, 0.1) is 0 Å². The van der Waals surface area contributed by atoms with Gasteiger partial charge in [0.2, 0.25) is 0 Å². The number of aryl methyl sites for hydroxylation is 1. The molecule has 1 aromatic carbocycles. The van der Waals surface area contributed by atoms with Crippen molar-refractivity contribution in [3.8, 4) is 0 Å². The van der Waals surface area contributed by atoms with E-state index >= 15 is 0 Å². The molecule has 0 saturated heterocycles. The number of nitrogens with one attached hydrogen (secondary N) is 1. The van der Waals surface area contributed by atoms with Crippen molar-refractivity contribution >= 4 is 5.69 Å². The van der Waals surface area contributed by atoms with E-state index < -0.39 is 0 Å². The SMILES string of the molecule is CCc1ccc(NCCN(C)C)cc1.CN. The Morgan fingerprint density at radius 3 is 2.12 bits per heavy atom. The largest absolute Gasteiger partial charge is 0.384 e. The fraction of sp³-hybridized carbons (Fsp3) is 0.538. The van der Waals surface area contributed by atoms with Gasteiger partial charge >= 0.3 is 0 Å². The molecule has 0 radical (unpaired) electrons. The lowest BCUT2D eigenvalue weighted by Crippen LogP contribution is -2.20. The van der Waals surface area contributed by atoms with Crippen molar-refractivity contribution in [2.75, 3.05) is 39.5 Å². The van der Waals surface area contributed by atoms with Gasteiger partial charge in [-0.25, -0.2) is 0 Å². The first-order valence-corrected chi connectivity index (χ1v) is 5.77. The van der Waals surface area contributed by atoms with Gasteiger partial charge in [-0.15, -0.1) is 0 Å². The monoisotopic (exact) mass is 223 g/mol. The van der Waals surface area contributed by atoms with E-state index in [4.69, 9.17) is 0 Å². The average molecular weight is 223 g/mol. The molecule has 0 amide bonds. The fourth-order valence-corrected chi connectivity index (χ4v) is 1.28. The van der Waals surface area contributed by atoms with Crippen molar-refractivity contribution in [2.45, 2.75) is 13.3 Å². The van der Waals surface area contributed by atoms with Crippen molar-refractivity contribution in [3.63, 3.8) is 0 Å². The van der Waals surface area contributed by atoms with Crippen LogP contribution in [0.15, 0.2) is 24.3 Å². The predicted octanol–water partition coefficient (Wildman–Crippen LogP) is 1.80. The quantitative estimate of drug-likeness (QED) is 0.800. The number of nitrogens with zero attached hydrogens (tertiary/aromatic N) is 1. The summed E-state index contributed by atoms with van der Waals surface area (Å²) in [5, 5.41) is 3.39. The van der Waals surface area contributed by atoms with Gasteiger partial charge in [0.25, 0.3) is 0 Å². The van der Waals surface area contributed by atoms with E-state index in [9.17, 15) is 0 Å². The molecule has 3 N–H and O–H groups in total. The number of hydrogen-bond donors (Lipinski definition) is 2. The lowest BCUT2D eigenvalue weighted by molar-refractivity contribution is 0.425. The summed E-state index contributed by atoms with van der Waals surface area (Å²) < 4.78 is 0. The molecule has 1 rings (SSSR count). The Bertz CT molecular complexity index is 254. The highest BCUT2D eigenvalue weighted by Gasteiger charge is 1.93. The molecule has 0 aliphatic rings. The average Bonchev–Trinajstić information content (AvgIpc) is 2.32. The zero-order valence-electron chi connectivity index (χ0n) is 11.0. The summed E-state index contributed by atoms with van der Waals surface area (Å²) in [5.74, 6) is 0. The number of nitrogens with two attached hydrogens (primary N) is 1. The van der Waals surface area contributed by atoms with Crippen LogP contribution in [0.1, 0.15) is 12.5 Å². The normalized spacial score (nSPS) is 9.62. The first-order valence-electron chi connectivity index (χ1n) is 5.77. The van der Waals surface area contributed by atoms with Crippen LogP contribution < -0.4 is 11.1 Å². The summed E-state index contributed by atoms with van der Waals surface area (Å²) in [7, 11) is 5.67. The standard InChI is InChI=1S/C12H20N2.CH5N/c1-4-11-5-7-12(8-6-11)13-9-10-14(2)3;1-2/h5-8,13H,4,9-10H2,1-3H3;2H2,1H3. The van der Waals surface area contributed by atoms with Crippen LogP contribution in [-0.4, -0.2) is 39.1 Å². The van der Waals surface area contributed by atoms with E-state index in [1.165, 1.54) is 18.3 Å². The third kappa shape index (κ3) is 6.43. The zero-order chi connectivity index (χ0) is 12.4. The first-order chi connectivity index (χ1) is 7.72. The van der Waals surface area contributed by atoms with Gasteiger partial charge < -0.3 is 16.0 Å². The topological polar surface area (TPSA) is 41.3 Å². The highest BCUT2D eigenvalue weighted by molar-refractivity contribution is 5.44. The molecular formula is C13H25N3. The number of likely N-dealkylation sites (N-methyl/N-ethyl adjacent to an activating group) is 1. The first kappa shape index (κ1) is 14.9. The molecule has 92 valence electrons. The van der Waals surface area contributed by atoms with Crippen LogP contribution in [0.5, 0.6) is 0 Å². The van der Waals surface area contributed by atoms with Gasteiger partial charge in [-0.2, -0.15) is 0 Å². The van der Waals surface area contributed by atoms with Gasteiger partial charge in [0.15, 0.2) is 0 Å². The zero-order valence-corrected chi connectivity index (χ0v) is 11.0. The van der Waals surface area contributed by atoms with Gasteiger partial charge in [0, 0.05) is 18.8 Å². The van der Waals surface area contributed by atoms with Crippen LogP contribution in [-0.2, 0) is 6.42 Å². The summed E-state index contributed by atoms with van der Waals surface area (Å²) in [4.78, 5) is 2.17. The minimum absolute atomic E-state index is 0.998. The maximum absolute atomic E-state index is 4.50. The second-order valence-electron chi connectivity index (χ2n) is 3.78. The third-order valence-corrected chi connectivity index (χ3v) is 2.25. The van der Waals surface area contributed by atoms with E-state index in [2.05, 4.69) is 61.2 Å². The van der Waals surface area contributed by atoms with E-state index in [1.807, 2.05) is 0 Å². The molecule has 0 bridgehead atoms. The maximum atomic E-state index is 4.50. The summed E-state index contributed by atoms with van der Waals surface area (Å²) in [5.41, 5.74) is 7.10. The number of hydrogen-bond acceptors (Lipinski definition) is 3. The van der Waals surface area contributed by atoms with Gasteiger partial charge in [0.05, 0.1) is 0 Å². The van der Waals surface area contributed by atoms with E-state index in [0.29, 0.717) is 0 Å². The molecule has 3 heteroatoms. The molecule has 0 aliphatic carbocycles. The molecule has 0 aromatic heterocycles. The predicted molar refractivity (Wildman–Crippen MR) is 73.0 cm³/mol. The molecule has 0 atom stereocenters. The molecule has 0 fully saturated rings. The highest BCUT2D eigenvalue weighted by Crippen LogP contribution is 2.09. The third-order valence-electron chi connectivity index (χ3n) is 2.25. The Balaban J connectivity index is 0.00000106. The lowest BCUT2D eigenvalue weighted by atomic mass is 10.1. The summed E-state index contributed by atoms with van der Waals surface area (Å²) in [6.07, 6.45) is 1.11. The van der Waals surface area contributed by atoms with Crippen LogP contribution in [0.4, 0.5) is 5.69 Å². The molecule has 0 saturated carbocycles. The Morgan fingerprint density at radius 2 is 1.69 bits per heavy atom. The van der Waals surface area contributed by atoms with Crippen LogP contribution in [0.25, 0.3) is 0 Å². The van der Waals surface area contributed by atoms with Crippen LogP contribution >= 0.6 is 0 Å². The number of rotatable bonds is 5. The van der Waals surface area contributed by atoms with Crippen LogP contribution in [0.3, 0.4) is 0 Å².